The molecule has 1 heterocycles. The molecule has 8 heteroatoms. The number of anilines is 1. The van der Waals surface area contributed by atoms with E-state index in [-0.39, 0.29) is 17.7 Å². The van der Waals surface area contributed by atoms with Gasteiger partial charge in [-0.1, -0.05) is 68.4 Å². The fourth-order valence-corrected chi connectivity index (χ4v) is 4.95. The lowest BCUT2D eigenvalue weighted by Gasteiger charge is -2.32. The molecule has 0 aliphatic heterocycles. The summed E-state index contributed by atoms with van der Waals surface area (Å²) in [5, 5.41) is 6.75. The number of amides is 2. The van der Waals surface area contributed by atoms with Crippen LogP contribution in [0.5, 0.6) is 0 Å². The Bertz CT molecular complexity index is 1190. The Balaban J connectivity index is 1.81. The van der Waals surface area contributed by atoms with E-state index in [1.807, 2.05) is 45.0 Å². The van der Waals surface area contributed by atoms with Crippen molar-refractivity contribution in [2.24, 2.45) is 5.92 Å². The number of rotatable bonds is 12. The van der Waals surface area contributed by atoms with Gasteiger partial charge in [-0.05, 0) is 67.3 Å². The van der Waals surface area contributed by atoms with Crippen LogP contribution in [0.25, 0.3) is 11.1 Å². The molecule has 37 heavy (non-hydrogen) atoms. The minimum atomic E-state index is -0.491. The minimum absolute atomic E-state index is 0.00610. The molecule has 198 valence electrons. The highest BCUT2D eigenvalue weighted by molar-refractivity contribution is 8.00. The van der Waals surface area contributed by atoms with Crippen LogP contribution in [-0.4, -0.2) is 35.0 Å². The van der Waals surface area contributed by atoms with Gasteiger partial charge in [-0.15, -0.1) is 0 Å². The zero-order valence-electron chi connectivity index (χ0n) is 22.6. The lowest BCUT2D eigenvalue weighted by molar-refractivity contribution is -0.141. The van der Waals surface area contributed by atoms with Gasteiger partial charge >= 0.3 is 0 Å². The predicted octanol–water partition coefficient (Wildman–Crippen LogP) is 6.37. The van der Waals surface area contributed by atoms with Crippen molar-refractivity contribution in [2.75, 3.05) is 11.8 Å². The summed E-state index contributed by atoms with van der Waals surface area (Å²) in [5.41, 5.74) is 4.99. The SMILES string of the molecule is CCCC(=O)N(Cc1ccc(-c2ccccc2SNc2onc(C)c2C)cc1)C(CC(C)C)C(=O)NC. The Kier molecular flexibility index (Phi) is 10.2. The smallest absolute Gasteiger partial charge is 0.242 e. The van der Waals surface area contributed by atoms with Crippen LogP contribution in [0.4, 0.5) is 5.88 Å². The van der Waals surface area contributed by atoms with E-state index in [4.69, 9.17) is 4.52 Å². The second-order valence-corrected chi connectivity index (χ2v) is 10.5. The van der Waals surface area contributed by atoms with Gasteiger partial charge in [0.1, 0.15) is 6.04 Å². The van der Waals surface area contributed by atoms with Crippen molar-refractivity contribution in [3.8, 4) is 11.1 Å². The van der Waals surface area contributed by atoms with Crippen LogP contribution >= 0.6 is 11.9 Å². The molecule has 7 nitrogen and oxygen atoms in total. The molecule has 3 aromatic rings. The molecule has 0 aliphatic rings. The molecule has 0 spiro atoms. The summed E-state index contributed by atoms with van der Waals surface area (Å²) >= 11 is 1.48. The molecular weight excluding hydrogens is 484 g/mol. The number of hydrogen-bond acceptors (Lipinski definition) is 6. The quantitative estimate of drug-likeness (QED) is 0.269. The van der Waals surface area contributed by atoms with E-state index in [1.165, 1.54) is 11.9 Å². The van der Waals surface area contributed by atoms with Crippen LogP contribution in [-0.2, 0) is 16.1 Å². The number of aromatic nitrogens is 1. The molecule has 1 atom stereocenters. The number of hydrogen-bond donors (Lipinski definition) is 2. The third kappa shape index (κ3) is 7.38. The molecule has 3 rings (SSSR count). The standard InChI is InChI=1S/C29H38N4O3S/c1-7-10-27(34)33(25(17-19(2)3)28(35)30-6)18-22-13-15-23(16-14-22)24-11-8-9-12-26(24)37-32-29-20(4)21(5)31-36-29/h8-9,11-16,19,25,32H,7,10,17-18H2,1-6H3,(H,30,35). The van der Waals surface area contributed by atoms with E-state index in [1.54, 1.807) is 11.9 Å². The number of nitrogens with one attached hydrogen (secondary N) is 2. The molecule has 0 aliphatic carbocycles. The van der Waals surface area contributed by atoms with Gasteiger partial charge in [0.2, 0.25) is 17.7 Å². The van der Waals surface area contributed by atoms with Crippen molar-refractivity contribution in [1.82, 2.24) is 15.4 Å². The number of aryl methyl sites for hydroxylation is 1. The van der Waals surface area contributed by atoms with Crippen molar-refractivity contribution in [3.05, 3.63) is 65.4 Å². The Morgan fingerprint density at radius 3 is 2.38 bits per heavy atom. The van der Waals surface area contributed by atoms with Crippen LogP contribution in [0.2, 0.25) is 0 Å². The van der Waals surface area contributed by atoms with Gasteiger partial charge < -0.3 is 14.7 Å². The molecule has 0 saturated carbocycles. The maximum Gasteiger partial charge on any atom is 0.242 e. The largest absolute Gasteiger partial charge is 0.357 e. The summed E-state index contributed by atoms with van der Waals surface area (Å²) in [6, 6.07) is 15.9. The molecule has 1 aromatic heterocycles. The first-order chi connectivity index (χ1) is 17.7. The maximum absolute atomic E-state index is 13.1. The third-order valence-corrected chi connectivity index (χ3v) is 7.18. The van der Waals surface area contributed by atoms with Crippen molar-refractivity contribution in [2.45, 2.75) is 71.4 Å². The second-order valence-electron chi connectivity index (χ2n) is 9.65. The predicted molar refractivity (Wildman–Crippen MR) is 150 cm³/mol. The normalized spacial score (nSPS) is 11.9. The fourth-order valence-electron chi connectivity index (χ4n) is 4.11. The first-order valence-corrected chi connectivity index (χ1v) is 13.6. The highest BCUT2D eigenvalue weighted by Gasteiger charge is 2.29. The van der Waals surface area contributed by atoms with Gasteiger partial charge in [-0.3, -0.25) is 14.3 Å². The number of carbonyl (C=O) groups is 2. The summed E-state index contributed by atoms with van der Waals surface area (Å²) in [7, 11) is 1.63. The van der Waals surface area contributed by atoms with E-state index in [2.05, 4.69) is 53.3 Å². The zero-order valence-corrected chi connectivity index (χ0v) is 23.4. The summed E-state index contributed by atoms with van der Waals surface area (Å²) in [6.45, 7) is 10.4. The molecule has 2 N–H and O–H groups in total. The van der Waals surface area contributed by atoms with E-state index in [9.17, 15) is 9.59 Å². The van der Waals surface area contributed by atoms with Gasteiger partial charge in [0.05, 0.1) is 5.69 Å². The first kappa shape index (κ1) is 28.3. The molecule has 2 amide bonds. The van der Waals surface area contributed by atoms with E-state index < -0.39 is 6.04 Å². The third-order valence-electron chi connectivity index (χ3n) is 6.32. The van der Waals surface area contributed by atoms with Crippen LogP contribution in [0, 0.1) is 19.8 Å². The fraction of sp³-hybridized carbons (Fsp3) is 0.414. The Morgan fingerprint density at radius 1 is 1.08 bits per heavy atom. The number of carbonyl (C=O) groups excluding carboxylic acids is 2. The van der Waals surface area contributed by atoms with Crippen LogP contribution < -0.4 is 10.0 Å². The van der Waals surface area contributed by atoms with Gasteiger partial charge in [0.15, 0.2) is 0 Å². The molecule has 0 saturated heterocycles. The molecule has 0 bridgehead atoms. The molecule has 0 fully saturated rings. The average Bonchev–Trinajstić information content (AvgIpc) is 3.21. The summed E-state index contributed by atoms with van der Waals surface area (Å²) < 4.78 is 8.65. The van der Waals surface area contributed by atoms with Gasteiger partial charge in [-0.2, -0.15) is 0 Å². The van der Waals surface area contributed by atoms with Crippen molar-refractivity contribution in [1.29, 1.82) is 0 Å². The van der Waals surface area contributed by atoms with Crippen molar-refractivity contribution >= 4 is 29.6 Å². The molecular formula is C29H38N4O3S. The zero-order chi connectivity index (χ0) is 26.9. The number of likely N-dealkylation sites (N-methyl/N-ethyl adjacent to an activating group) is 1. The maximum atomic E-state index is 13.1. The molecule has 1 unspecified atom stereocenters. The van der Waals surface area contributed by atoms with Crippen LogP contribution in [0.15, 0.2) is 57.9 Å². The second kappa shape index (κ2) is 13.3. The average molecular weight is 523 g/mol. The van der Waals surface area contributed by atoms with Crippen molar-refractivity contribution in [3.63, 3.8) is 0 Å². The highest BCUT2D eigenvalue weighted by atomic mass is 32.2. The number of nitrogens with zero attached hydrogens (tertiary/aromatic N) is 2. The summed E-state index contributed by atoms with van der Waals surface area (Å²) in [6.07, 6.45) is 1.78. The van der Waals surface area contributed by atoms with Crippen molar-refractivity contribution < 1.29 is 14.1 Å². The Morgan fingerprint density at radius 2 is 1.78 bits per heavy atom. The summed E-state index contributed by atoms with van der Waals surface area (Å²) in [4.78, 5) is 28.6. The van der Waals surface area contributed by atoms with Crippen LogP contribution in [0.1, 0.15) is 56.9 Å². The van der Waals surface area contributed by atoms with E-state index >= 15 is 0 Å². The van der Waals surface area contributed by atoms with Gasteiger partial charge in [0.25, 0.3) is 0 Å². The lowest BCUT2D eigenvalue weighted by Crippen LogP contribution is -2.49. The Labute approximate surface area is 224 Å². The molecule has 2 aromatic carbocycles. The lowest BCUT2D eigenvalue weighted by atomic mass is 9.99. The van der Waals surface area contributed by atoms with E-state index in [0.29, 0.717) is 25.3 Å². The Hall–Kier alpha value is -3.26. The monoisotopic (exact) mass is 522 g/mol. The highest BCUT2D eigenvalue weighted by Crippen LogP contribution is 2.33. The topological polar surface area (TPSA) is 87.5 Å². The minimum Gasteiger partial charge on any atom is -0.357 e. The molecule has 0 radical (unpaired) electrons. The summed E-state index contributed by atoms with van der Waals surface area (Å²) in [5.74, 6) is 0.822. The number of benzene rings is 2. The van der Waals surface area contributed by atoms with Gasteiger partial charge in [0, 0.05) is 30.5 Å². The first-order valence-electron chi connectivity index (χ1n) is 12.8. The van der Waals surface area contributed by atoms with Crippen LogP contribution in [0.3, 0.4) is 0 Å². The van der Waals surface area contributed by atoms with Gasteiger partial charge in [-0.25, -0.2) is 0 Å². The van der Waals surface area contributed by atoms with E-state index in [0.717, 1.165) is 39.3 Å².